The molecule has 0 aromatic heterocycles. The SMILES string of the molecule is CC(C)CNC(=NCC(=O)N(C)C)NC1CCOc2ccccc21. The number of amides is 1. The number of hydrogen-bond donors (Lipinski definition) is 2. The van der Waals surface area contributed by atoms with Crippen molar-refractivity contribution in [2.24, 2.45) is 10.9 Å². The highest BCUT2D eigenvalue weighted by atomic mass is 16.5. The molecular weight excluding hydrogens is 304 g/mol. The molecule has 1 aliphatic rings. The van der Waals surface area contributed by atoms with Gasteiger partial charge in [0.2, 0.25) is 5.91 Å². The number of rotatable bonds is 5. The maximum absolute atomic E-state index is 11.8. The van der Waals surface area contributed by atoms with Crippen LogP contribution in [0.15, 0.2) is 29.3 Å². The second kappa shape index (κ2) is 8.57. The monoisotopic (exact) mass is 332 g/mol. The van der Waals surface area contributed by atoms with Crippen molar-refractivity contribution in [1.29, 1.82) is 0 Å². The summed E-state index contributed by atoms with van der Waals surface area (Å²) in [6, 6.07) is 8.16. The molecule has 1 atom stereocenters. The summed E-state index contributed by atoms with van der Waals surface area (Å²) < 4.78 is 5.70. The zero-order valence-corrected chi connectivity index (χ0v) is 15.0. The van der Waals surface area contributed by atoms with Crippen LogP contribution in [-0.2, 0) is 4.79 Å². The number of ether oxygens (including phenoxy) is 1. The lowest BCUT2D eigenvalue weighted by Crippen LogP contribution is -2.43. The van der Waals surface area contributed by atoms with Crippen LogP contribution in [0.2, 0.25) is 0 Å². The zero-order chi connectivity index (χ0) is 17.5. The average molecular weight is 332 g/mol. The third-order valence-electron chi connectivity index (χ3n) is 3.82. The molecule has 1 aliphatic heterocycles. The Morgan fingerprint density at radius 3 is 2.83 bits per heavy atom. The summed E-state index contributed by atoms with van der Waals surface area (Å²) in [5, 5.41) is 6.77. The molecule has 0 spiro atoms. The van der Waals surface area contributed by atoms with Crippen molar-refractivity contribution in [3.8, 4) is 5.75 Å². The van der Waals surface area contributed by atoms with E-state index in [0.717, 1.165) is 24.3 Å². The molecule has 6 nitrogen and oxygen atoms in total. The van der Waals surface area contributed by atoms with Crippen molar-refractivity contribution in [2.45, 2.75) is 26.3 Å². The van der Waals surface area contributed by atoms with Gasteiger partial charge in [0.05, 0.1) is 12.6 Å². The van der Waals surface area contributed by atoms with Gasteiger partial charge in [0.25, 0.3) is 0 Å². The van der Waals surface area contributed by atoms with Crippen LogP contribution in [0, 0.1) is 5.92 Å². The van der Waals surface area contributed by atoms with E-state index in [1.807, 2.05) is 18.2 Å². The van der Waals surface area contributed by atoms with E-state index < -0.39 is 0 Å². The maximum atomic E-state index is 11.8. The second-order valence-corrected chi connectivity index (χ2v) is 6.60. The van der Waals surface area contributed by atoms with Gasteiger partial charge in [-0.3, -0.25) is 4.79 Å². The Morgan fingerprint density at radius 1 is 1.38 bits per heavy atom. The summed E-state index contributed by atoms with van der Waals surface area (Å²) in [5.41, 5.74) is 1.13. The first-order chi connectivity index (χ1) is 11.5. The molecular formula is C18H28N4O2. The fourth-order valence-electron chi connectivity index (χ4n) is 2.40. The molecule has 1 unspecified atom stereocenters. The Morgan fingerprint density at radius 2 is 2.12 bits per heavy atom. The molecule has 0 fully saturated rings. The number of hydrogen-bond acceptors (Lipinski definition) is 3. The average Bonchev–Trinajstić information content (AvgIpc) is 2.57. The normalized spacial score (nSPS) is 17.0. The first-order valence-electron chi connectivity index (χ1n) is 8.44. The van der Waals surface area contributed by atoms with Crippen LogP contribution >= 0.6 is 0 Å². The van der Waals surface area contributed by atoms with Crippen LogP contribution in [0.25, 0.3) is 0 Å². The fourth-order valence-corrected chi connectivity index (χ4v) is 2.40. The van der Waals surface area contributed by atoms with Crippen molar-refractivity contribution in [1.82, 2.24) is 15.5 Å². The number of carbonyl (C=O) groups is 1. The number of aliphatic imine (C=N–C) groups is 1. The second-order valence-electron chi connectivity index (χ2n) is 6.60. The number of benzene rings is 1. The van der Waals surface area contributed by atoms with Gasteiger partial charge in [0.1, 0.15) is 12.3 Å². The number of fused-ring (bicyclic) bond motifs is 1. The van der Waals surface area contributed by atoms with E-state index in [9.17, 15) is 4.79 Å². The topological polar surface area (TPSA) is 66.0 Å². The first-order valence-corrected chi connectivity index (χ1v) is 8.44. The fraction of sp³-hybridized carbons (Fsp3) is 0.556. The molecule has 1 heterocycles. The van der Waals surface area contributed by atoms with E-state index in [2.05, 4.69) is 35.5 Å². The van der Waals surface area contributed by atoms with Gasteiger partial charge in [-0.05, 0) is 12.0 Å². The lowest BCUT2D eigenvalue weighted by Gasteiger charge is -2.28. The van der Waals surface area contributed by atoms with Gasteiger partial charge in [0.15, 0.2) is 5.96 Å². The molecule has 0 aliphatic carbocycles. The van der Waals surface area contributed by atoms with Crippen molar-refractivity contribution >= 4 is 11.9 Å². The number of likely N-dealkylation sites (N-methyl/N-ethyl adjacent to an activating group) is 1. The van der Waals surface area contributed by atoms with Gasteiger partial charge in [-0.1, -0.05) is 32.0 Å². The molecule has 0 saturated heterocycles. The molecule has 2 N–H and O–H groups in total. The molecule has 2 rings (SSSR count). The largest absolute Gasteiger partial charge is 0.493 e. The standard InChI is InChI=1S/C18H28N4O2/c1-13(2)11-19-18(20-12-17(23)22(3)4)21-15-9-10-24-16-8-6-5-7-14(15)16/h5-8,13,15H,9-12H2,1-4H3,(H2,19,20,21). The molecule has 6 heteroatoms. The van der Waals surface area contributed by atoms with Crippen LogP contribution in [-0.4, -0.2) is 50.6 Å². The summed E-state index contributed by atoms with van der Waals surface area (Å²) in [7, 11) is 3.47. The van der Waals surface area contributed by atoms with Gasteiger partial charge in [-0.15, -0.1) is 0 Å². The van der Waals surface area contributed by atoms with Gasteiger partial charge in [-0.2, -0.15) is 0 Å². The highest BCUT2D eigenvalue weighted by Crippen LogP contribution is 2.31. The third kappa shape index (κ3) is 5.15. The number of para-hydroxylation sites is 1. The van der Waals surface area contributed by atoms with E-state index in [-0.39, 0.29) is 18.5 Å². The zero-order valence-electron chi connectivity index (χ0n) is 15.0. The highest BCUT2D eigenvalue weighted by Gasteiger charge is 2.22. The third-order valence-corrected chi connectivity index (χ3v) is 3.82. The molecule has 1 aromatic rings. The predicted octanol–water partition coefficient (Wildman–Crippen LogP) is 1.79. The van der Waals surface area contributed by atoms with Crippen molar-refractivity contribution in [3.05, 3.63) is 29.8 Å². The van der Waals surface area contributed by atoms with Gasteiger partial charge >= 0.3 is 0 Å². The highest BCUT2D eigenvalue weighted by molar-refractivity contribution is 5.85. The molecule has 0 bridgehead atoms. The van der Waals surface area contributed by atoms with Crippen molar-refractivity contribution < 1.29 is 9.53 Å². The summed E-state index contributed by atoms with van der Waals surface area (Å²) in [6.07, 6.45) is 0.862. The predicted molar refractivity (Wildman–Crippen MR) is 96.3 cm³/mol. The van der Waals surface area contributed by atoms with Crippen LogP contribution in [0.3, 0.4) is 0 Å². The van der Waals surface area contributed by atoms with E-state index in [4.69, 9.17) is 4.74 Å². The maximum Gasteiger partial charge on any atom is 0.243 e. The smallest absolute Gasteiger partial charge is 0.243 e. The number of carbonyl (C=O) groups excluding carboxylic acids is 1. The Labute approximate surface area is 144 Å². The summed E-state index contributed by atoms with van der Waals surface area (Å²) >= 11 is 0. The van der Waals surface area contributed by atoms with E-state index in [1.165, 1.54) is 0 Å². The molecule has 24 heavy (non-hydrogen) atoms. The van der Waals surface area contributed by atoms with E-state index >= 15 is 0 Å². The molecule has 132 valence electrons. The summed E-state index contributed by atoms with van der Waals surface area (Å²) in [4.78, 5) is 17.8. The molecule has 0 radical (unpaired) electrons. The summed E-state index contributed by atoms with van der Waals surface area (Å²) in [5.74, 6) is 2.05. The quantitative estimate of drug-likeness (QED) is 0.637. The molecule has 1 amide bonds. The molecule has 1 aromatic carbocycles. The Balaban J connectivity index is 2.10. The van der Waals surface area contributed by atoms with Gasteiger partial charge in [0, 0.05) is 32.6 Å². The molecule has 0 saturated carbocycles. The lowest BCUT2D eigenvalue weighted by atomic mass is 10.0. The van der Waals surface area contributed by atoms with Gasteiger partial charge < -0.3 is 20.3 Å². The minimum atomic E-state index is -0.0203. The minimum absolute atomic E-state index is 0.0203. The lowest BCUT2D eigenvalue weighted by molar-refractivity contribution is -0.127. The minimum Gasteiger partial charge on any atom is -0.493 e. The Bertz CT molecular complexity index is 584. The first kappa shape index (κ1) is 18.1. The Hall–Kier alpha value is -2.24. The van der Waals surface area contributed by atoms with E-state index in [1.54, 1.807) is 19.0 Å². The number of nitrogens with one attached hydrogen (secondary N) is 2. The Kier molecular flexibility index (Phi) is 6.46. The van der Waals surface area contributed by atoms with Crippen molar-refractivity contribution in [3.63, 3.8) is 0 Å². The van der Waals surface area contributed by atoms with Crippen LogP contribution in [0.4, 0.5) is 0 Å². The van der Waals surface area contributed by atoms with Gasteiger partial charge in [-0.25, -0.2) is 4.99 Å². The summed E-state index contributed by atoms with van der Waals surface area (Å²) in [6.45, 7) is 5.87. The number of guanidine groups is 1. The number of nitrogens with zero attached hydrogens (tertiary/aromatic N) is 2. The van der Waals surface area contributed by atoms with Crippen LogP contribution < -0.4 is 15.4 Å². The van der Waals surface area contributed by atoms with E-state index in [0.29, 0.717) is 18.5 Å². The van der Waals surface area contributed by atoms with Crippen LogP contribution in [0.1, 0.15) is 31.9 Å². The van der Waals surface area contributed by atoms with Crippen LogP contribution in [0.5, 0.6) is 5.75 Å². The van der Waals surface area contributed by atoms with Crippen molar-refractivity contribution in [2.75, 3.05) is 33.8 Å².